The van der Waals surface area contributed by atoms with E-state index in [1.165, 1.54) is 0 Å². The summed E-state index contributed by atoms with van der Waals surface area (Å²) in [5.74, 6) is 1.19. The summed E-state index contributed by atoms with van der Waals surface area (Å²) in [7, 11) is 1.82. The Bertz CT molecular complexity index is 595. The van der Waals surface area contributed by atoms with Crippen LogP contribution in [0.3, 0.4) is 0 Å². The number of nitrogens with one attached hydrogen (secondary N) is 1. The first-order valence-electron chi connectivity index (χ1n) is 6.52. The number of nitrogens with zero attached hydrogens (tertiary/aromatic N) is 4. The van der Waals surface area contributed by atoms with Crippen LogP contribution >= 0.6 is 0 Å². The van der Waals surface area contributed by atoms with E-state index in [0.29, 0.717) is 24.0 Å². The molecule has 0 saturated heterocycles. The van der Waals surface area contributed by atoms with Gasteiger partial charge in [-0.3, -0.25) is 4.68 Å². The highest BCUT2D eigenvalue weighted by molar-refractivity contribution is 5.86. The molecule has 1 aliphatic carbocycles. The topological polar surface area (TPSA) is 102 Å². The Balaban J connectivity index is 1.79. The molecule has 2 heterocycles. The van der Waals surface area contributed by atoms with Gasteiger partial charge in [0.2, 0.25) is 5.95 Å². The third kappa shape index (κ3) is 2.21. The van der Waals surface area contributed by atoms with Gasteiger partial charge in [-0.1, -0.05) is 6.42 Å². The predicted molar refractivity (Wildman–Crippen MR) is 72.6 cm³/mol. The van der Waals surface area contributed by atoms with E-state index < -0.39 is 0 Å². The van der Waals surface area contributed by atoms with Crippen molar-refractivity contribution >= 4 is 22.8 Å². The minimum Gasteiger partial charge on any atom is -0.393 e. The number of aliphatic hydroxyl groups excluding tert-OH is 1. The number of anilines is 2. The van der Waals surface area contributed by atoms with Gasteiger partial charge in [-0.05, 0) is 12.8 Å². The lowest BCUT2D eigenvalue weighted by Crippen LogP contribution is -2.22. The van der Waals surface area contributed by atoms with Crippen LogP contribution in [0, 0.1) is 5.92 Å². The smallest absolute Gasteiger partial charge is 0.226 e. The average molecular weight is 262 g/mol. The number of aryl methyl sites for hydroxylation is 1. The largest absolute Gasteiger partial charge is 0.393 e. The van der Waals surface area contributed by atoms with Gasteiger partial charge in [-0.2, -0.15) is 15.1 Å². The van der Waals surface area contributed by atoms with E-state index in [0.717, 1.165) is 24.6 Å². The molecule has 7 heteroatoms. The first-order chi connectivity index (χ1) is 9.15. The Morgan fingerprint density at radius 3 is 3.05 bits per heavy atom. The maximum absolute atomic E-state index is 9.78. The van der Waals surface area contributed by atoms with Gasteiger partial charge in [0.05, 0.1) is 17.7 Å². The monoisotopic (exact) mass is 262 g/mol. The quantitative estimate of drug-likeness (QED) is 0.745. The zero-order valence-electron chi connectivity index (χ0n) is 10.9. The lowest BCUT2D eigenvalue weighted by molar-refractivity contribution is 0.138. The molecule has 2 atom stereocenters. The SMILES string of the molecule is Cn1ncc2c(N)nc(NC[C@@H]3CCC[C@H]3O)nc21. The highest BCUT2D eigenvalue weighted by atomic mass is 16.3. The predicted octanol–water partition coefficient (Wildman–Crippen LogP) is 0.518. The molecule has 0 spiro atoms. The molecular weight excluding hydrogens is 244 g/mol. The lowest BCUT2D eigenvalue weighted by Gasteiger charge is -2.15. The Labute approximate surface area is 110 Å². The molecule has 7 nitrogen and oxygen atoms in total. The number of rotatable bonds is 3. The summed E-state index contributed by atoms with van der Waals surface area (Å²) in [5.41, 5.74) is 6.60. The Hall–Kier alpha value is -1.89. The molecule has 0 aromatic carbocycles. The van der Waals surface area contributed by atoms with Crippen LogP contribution in [0.1, 0.15) is 19.3 Å². The zero-order valence-corrected chi connectivity index (χ0v) is 10.9. The molecule has 0 radical (unpaired) electrons. The van der Waals surface area contributed by atoms with Crippen molar-refractivity contribution in [1.29, 1.82) is 0 Å². The lowest BCUT2D eigenvalue weighted by atomic mass is 10.1. The number of nitrogens with two attached hydrogens (primary N) is 1. The Morgan fingerprint density at radius 1 is 1.47 bits per heavy atom. The molecule has 0 aliphatic heterocycles. The van der Waals surface area contributed by atoms with E-state index in [4.69, 9.17) is 5.73 Å². The number of hydrogen-bond donors (Lipinski definition) is 3. The molecule has 3 rings (SSSR count). The first-order valence-corrected chi connectivity index (χ1v) is 6.52. The number of nitrogen functional groups attached to an aromatic ring is 1. The summed E-state index contributed by atoms with van der Waals surface area (Å²) in [6.07, 6.45) is 4.45. The maximum atomic E-state index is 9.78. The van der Waals surface area contributed by atoms with Gasteiger partial charge in [0.1, 0.15) is 5.82 Å². The van der Waals surface area contributed by atoms with E-state index in [1.54, 1.807) is 10.9 Å². The van der Waals surface area contributed by atoms with Crippen molar-refractivity contribution in [3.8, 4) is 0 Å². The molecule has 1 aliphatic rings. The summed E-state index contributed by atoms with van der Waals surface area (Å²) in [6.45, 7) is 0.671. The van der Waals surface area contributed by atoms with Gasteiger partial charge in [0.25, 0.3) is 0 Å². The highest BCUT2D eigenvalue weighted by Gasteiger charge is 2.25. The second kappa shape index (κ2) is 4.65. The summed E-state index contributed by atoms with van der Waals surface area (Å²) in [6, 6.07) is 0. The van der Waals surface area contributed by atoms with Gasteiger partial charge in [0, 0.05) is 19.5 Å². The molecule has 0 bridgehead atoms. The van der Waals surface area contributed by atoms with Crippen molar-refractivity contribution < 1.29 is 5.11 Å². The van der Waals surface area contributed by atoms with Gasteiger partial charge in [-0.25, -0.2) is 0 Å². The van der Waals surface area contributed by atoms with Crippen LogP contribution in [-0.4, -0.2) is 37.5 Å². The van der Waals surface area contributed by atoms with Crippen molar-refractivity contribution in [1.82, 2.24) is 19.7 Å². The molecule has 2 aromatic heterocycles. The van der Waals surface area contributed by atoms with Crippen molar-refractivity contribution in [3.63, 3.8) is 0 Å². The third-order valence-electron chi connectivity index (χ3n) is 3.76. The fourth-order valence-corrected chi connectivity index (χ4v) is 2.60. The second-order valence-electron chi connectivity index (χ2n) is 5.08. The van der Waals surface area contributed by atoms with Crippen LogP contribution in [0.25, 0.3) is 11.0 Å². The van der Waals surface area contributed by atoms with Crippen LogP contribution in [-0.2, 0) is 7.05 Å². The molecule has 0 amide bonds. The number of aromatic nitrogens is 4. The van der Waals surface area contributed by atoms with Gasteiger partial charge >= 0.3 is 0 Å². The van der Waals surface area contributed by atoms with E-state index in [-0.39, 0.29) is 12.0 Å². The summed E-state index contributed by atoms with van der Waals surface area (Å²) in [4.78, 5) is 8.62. The first kappa shape index (κ1) is 12.2. The number of hydrogen-bond acceptors (Lipinski definition) is 6. The van der Waals surface area contributed by atoms with Gasteiger partial charge in [-0.15, -0.1) is 0 Å². The maximum Gasteiger partial charge on any atom is 0.226 e. The molecule has 0 unspecified atom stereocenters. The molecule has 1 saturated carbocycles. The van der Waals surface area contributed by atoms with E-state index >= 15 is 0 Å². The fourth-order valence-electron chi connectivity index (χ4n) is 2.60. The molecular formula is C12H18N6O. The van der Waals surface area contributed by atoms with Gasteiger partial charge in [0.15, 0.2) is 5.65 Å². The van der Waals surface area contributed by atoms with Crippen molar-refractivity contribution in [2.75, 3.05) is 17.6 Å². The molecule has 1 fully saturated rings. The molecule has 102 valence electrons. The summed E-state index contributed by atoms with van der Waals surface area (Å²) < 4.78 is 1.67. The zero-order chi connectivity index (χ0) is 13.4. The van der Waals surface area contributed by atoms with Crippen LogP contribution in [0.15, 0.2) is 6.20 Å². The standard InChI is InChI=1S/C12H18N6O/c1-18-11-8(6-15-18)10(13)16-12(17-11)14-5-7-3-2-4-9(7)19/h6-7,9,19H,2-5H2,1H3,(H3,13,14,16,17)/t7-,9+/m0/s1. The van der Waals surface area contributed by atoms with Crippen LogP contribution in [0.4, 0.5) is 11.8 Å². The van der Waals surface area contributed by atoms with E-state index in [2.05, 4.69) is 20.4 Å². The molecule has 2 aromatic rings. The Kier molecular flexibility index (Phi) is 2.98. The van der Waals surface area contributed by atoms with Crippen LogP contribution in [0.2, 0.25) is 0 Å². The van der Waals surface area contributed by atoms with E-state index in [1.807, 2.05) is 7.05 Å². The van der Waals surface area contributed by atoms with Crippen molar-refractivity contribution in [2.24, 2.45) is 13.0 Å². The summed E-state index contributed by atoms with van der Waals surface area (Å²) >= 11 is 0. The fraction of sp³-hybridized carbons (Fsp3) is 0.583. The van der Waals surface area contributed by atoms with E-state index in [9.17, 15) is 5.11 Å². The minimum absolute atomic E-state index is 0.217. The van der Waals surface area contributed by atoms with Gasteiger partial charge < -0.3 is 16.2 Å². The third-order valence-corrected chi connectivity index (χ3v) is 3.76. The van der Waals surface area contributed by atoms with Crippen LogP contribution in [0.5, 0.6) is 0 Å². The average Bonchev–Trinajstić information content (AvgIpc) is 2.95. The highest BCUT2D eigenvalue weighted by Crippen LogP contribution is 2.26. The molecule has 4 N–H and O–H groups in total. The minimum atomic E-state index is -0.217. The van der Waals surface area contributed by atoms with Crippen molar-refractivity contribution in [3.05, 3.63) is 6.20 Å². The Morgan fingerprint density at radius 2 is 2.32 bits per heavy atom. The van der Waals surface area contributed by atoms with Crippen LogP contribution < -0.4 is 11.1 Å². The number of fused-ring (bicyclic) bond motifs is 1. The summed E-state index contributed by atoms with van der Waals surface area (Å²) in [5, 5.41) is 17.8. The second-order valence-corrected chi connectivity index (χ2v) is 5.08. The number of aliphatic hydroxyl groups is 1. The van der Waals surface area contributed by atoms with Crippen molar-refractivity contribution in [2.45, 2.75) is 25.4 Å². The molecule has 19 heavy (non-hydrogen) atoms. The normalized spacial score (nSPS) is 23.1.